The van der Waals surface area contributed by atoms with E-state index in [2.05, 4.69) is 34.3 Å². The lowest BCUT2D eigenvalue weighted by molar-refractivity contribution is -0.169. The second-order valence-electron chi connectivity index (χ2n) is 9.83. The first kappa shape index (κ1) is 25.1. The molecular formula is C29H37N3O3. The van der Waals surface area contributed by atoms with Gasteiger partial charge in [-0.15, -0.1) is 6.58 Å². The summed E-state index contributed by atoms with van der Waals surface area (Å²) in [7, 11) is 0. The van der Waals surface area contributed by atoms with Crippen molar-refractivity contribution in [2.75, 3.05) is 18.4 Å². The maximum atomic E-state index is 13.7. The number of anilines is 1. The summed E-state index contributed by atoms with van der Waals surface area (Å²) in [6.45, 7) is 4.86. The van der Waals surface area contributed by atoms with Gasteiger partial charge in [0.15, 0.2) is 0 Å². The predicted molar refractivity (Wildman–Crippen MR) is 138 cm³/mol. The number of allylic oxidation sites excluding steroid dienone is 1. The Hall–Kier alpha value is -2.99. The van der Waals surface area contributed by atoms with Crippen LogP contribution in [0.5, 0.6) is 0 Å². The molecule has 2 fully saturated rings. The summed E-state index contributed by atoms with van der Waals surface area (Å²) in [5, 5.41) is 5.99. The highest BCUT2D eigenvalue weighted by atomic mass is 16.5. The van der Waals surface area contributed by atoms with E-state index in [1.165, 1.54) is 12.8 Å². The zero-order valence-electron chi connectivity index (χ0n) is 20.5. The molecule has 2 saturated carbocycles. The lowest BCUT2D eigenvalue weighted by Crippen LogP contribution is -2.48. The number of carbonyl (C=O) groups is 2. The number of rotatable bonds is 10. The van der Waals surface area contributed by atoms with Crippen molar-refractivity contribution in [3.8, 4) is 0 Å². The highest BCUT2D eigenvalue weighted by Crippen LogP contribution is 2.44. The zero-order valence-corrected chi connectivity index (χ0v) is 20.5. The van der Waals surface area contributed by atoms with Gasteiger partial charge in [-0.25, -0.2) is 4.98 Å². The molecule has 1 aromatic carbocycles. The van der Waals surface area contributed by atoms with Gasteiger partial charge in [0.2, 0.25) is 5.91 Å². The highest BCUT2D eigenvalue weighted by molar-refractivity contribution is 5.91. The maximum absolute atomic E-state index is 13.7. The molecule has 0 radical (unpaired) electrons. The van der Waals surface area contributed by atoms with Crippen molar-refractivity contribution < 1.29 is 14.3 Å². The number of pyridine rings is 1. The number of benzene rings is 1. The SMILES string of the molecule is C=CC1C[C@H](OC(=O)C2(c3ccccc3)CCCCCC2)C1CCNCC(=O)Nc1ccccn1. The lowest BCUT2D eigenvalue weighted by Gasteiger charge is -2.44. The Labute approximate surface area is 208 Å². The first-order valence-corrected chi connectivity index (χ1v) is 12.9. The molecule has 186 valence electrons. The molecule has 2 aliphatic carbocycles. The van der Waals surface area contributed by atoms with E-state index in [9.17, 15) is 9.59 Å². The van der Waals surface area contributed by atoms with Crippen LogP contribution in [0.25, 0.3) is 0 Å². The summed E-state index contributed by atoms with van der Waals surface area (Å²) in [5.41, 5.74) is 0.548. The maximum Gasteiger partial charge on any atom is 0.316 e. The van der Waals surface area contributed by atoms with Crippen LogP contribution < -0.4 is 10.6 Å². The van der Waals surface area contributed by atoms with Crippen LogP contribution in [0.3, 0.4) is 0 Å². The van der Waals surface area contributed by atoms with Crippen molar-refractivity contribution in [2.24, 2.45) is 11.8 Å². The van der Waals surface area contributed by atoms with Gasteiger partial charge in [0.1, 0.15) is 11.9 Å². The van der Waals surface area contributed by atoms with Gasteiger partial charge in [-0.3, -0.25) is 9.59 Å². The summed E-state index contributed by atoms with van der Waals surface area (Å²) < 4.78 is 6.24. The topological polar surface area (TPSA) is 80.3 Å². The van der Waals surface area contributed by atoms with Crippen molar-refractivity contribution in [3.05, 3.63) is 72.9 Å². The largest absolute Gasteiger partial charge is 0.461 e. The molecule has 2 unspecified atom stereocenters. The second-order valence-corrected chi connectivity index (χ2v) is 9.83. The van der Waals surface area contributed by atoms with Crippen LogP contribution in [0.4, 0.5) is 5.82 Å². The van der Waals surface area contributed by atoms with Crippen molar-refractivity contribution in [1.29, 1.82) is 0 Å². The number of ether oxygens (including phenoxy) is 1. The smallest absolute Gasteiger partial charge is 0.316 e. The molecule has 4 rings (SSSR count). The Morgan fingerprint density at radius 2 is 1.80 bits per heavy atom. The number of nitrogens with zero attached hydrogens (tertiary/aromatic N) is 1. The van der Waals surface area contributed by atoms with Crippen LogP contribution in [0.1, 0.15) is 56.9 Å². The van der Waals surface area contributed by atoms with Crippen LogP contribution in [-0.4, -0.2) is 36.1 Å². The van der Waals surface area contributed by atoms with Crippen molar-refractivity contribution in [2.45, 2.75) is 62.9 Å². The molecule has 35 heavy (non-hydrogen) atoms. The molecule has 2 N–H and O–H groups in total. The molecule has 2 aliphatic rings. The summed E-state index contributed by atoms with van der Waals surface area (Å²) in [4.78, 5) is 29.9. The minimum absolute atomic E-state index is 0.0641. The fourth-order valence-electron chi connectivity index (χ4n) is 5.55. The molecule has 0 saturated heterocycles. The van der Waals surface area contributed by atoms with Gasteiger partial charge in [-0.2, -0.15) is 0 Å². The number of aromatic nitrogens is 1. The van der Waals surface area contributed by atoms with Gasteiger partial charge < -0.3 is 15.4 Å². The first-order valence-electron chi connectivity index (χ1n) is 12.9. The first-order chi connectivity index (χ1) is 17.1. The Balaban J connectivity index is 1.32. The Morgan fingerprint density at radius 1 is 1.06 bits per heavy atom. The molecule has 0 aliphatic heterocycles. The number of esters is 1. The van der Waals surface area contributed by atoms with Crippen molar-refractivity contribution >= 4 is 17.7 Å². The van der Waals surface area contributed by atoms with Crippen molar-refractivity contribution in [1.82, 2.24) is 10.3 Å². The molecule has 0 spiro atoms. The van der Waals surface area contributed by atoms with Crippen LogP contribution in [-0.2, 0) is 19.7 Å². The van der Waals surface area contributed by atoms with Gasteiger partial charge in [0.05, 0.1) is 12.0 Å². The number of carbonyl (C=O) groups excluding carboxylic acids is 2. The molecule has 6 nitrogen and oxygen atoms in total. The fraction of sp³-hybridized carbons (Fsp3) is 0.483. The highest BCUT2D eigenvalue weighted by Gasteiger charge is 2.47. The molecule has 3 atom stereocenters. The average Bonchev–Trinajstić information content (AvgIpc) is 3.14. The van der Waals surface area contributed by atoms with Crippen LogP contribution in [0.15, 0.2) is 67.4 Å². The fourth-order valence-corrected chi connectivity index (χ4v) is 5.55. The Bertz CT molecular complexity index is 971. The third-order valence-corrected chi connectivity index (χ3v) is 7.64. The minimum Gasteiger partial charge on any atom is -0.461 e. The van der Waals surface area contributed by atoms with E-state index < -0.39 is 5.41 Å². The summed E-state index contributed by atoms with van der Waals surface area (Å²) in [5.74, 6) is 0.910. The third-order valence-electron chi connectivity index (χ3n) is 7.64. The van der Waals surface area contributed by atoms with Gasteiger partial charge in [-0.1, -0.05) is 68.2 Å². The van der Waals surface area contributed by atoms with Crippen LogP contribution >= 0.6 is 0 Å². The van der Waals surface area contributed by atoms with E-state index in [4.69, 9.17) is 4.74 Å². The summed E-state index contributed by atoms with van der Waals surface area (Å²) >= 11 is 0. The number of amides is 1. The molecular weight excluding hydrogens is 438 g/mol. The monoisotopic (exact) mass is 475 g/mol. The molecule has 1 amide bonds. The van der Waals surface area contributed by atoms with Crippen LogP contribution in [0.2, 0.25) is 0 Å². The quantitative estimate of drug-likeness (QED) is 0.218. The van der Waals surface area contributed by atoms with E-state index in [1.54, 1.807) is 12.3 Å². The minimum atomic E-state index is -0.538. The molecule has 6 heteroatoms. The van der Waals surface area contributed by atoms with E-state index >= 15 is 0 Å². The third kappa shape index (κ3) is 6.17. The van der Waals surface area contributed by atoms with Gasteiger partial charge in [0.25, 0.3) is 0 Å². The Kier molecular flexibility index (Phi) is 8.69. The standard InChI is InChI=1S/C29H37N3O3/c1-2-22-20-25(24(22)15-19-30-21-27(33)32-26-14-8-11-18-31-26)35-28(34)29(16-9-3-4-10-17-29)23-12-6-5-7-13-23/h2,5-8,11-14,18,22,24-25,30H,1,3-4,9-10,15-17,19-21H2,(H,31,32,33)/t22?,24?,25-/m0/s1. The van der Waals surface area contributed by atoms with E-state index in [-0.39, 0.29) is 30.4 Å². The molecule has 2 aromatic rings. The van der Waals surface area contributed by atoms with Gasteiger partial charge >= 0.3 is 5.97 Å². The van der Waals surface area contributed by atoms with E-state index in [0.717, 1.165) is 44.1 Å². The number of nitrogens with one attached hydrogen (secondary N) is 2. The lowest BCUT2D eigenvalue weighted by atomic mass is 9.68. The van der Waals surface area contributed by atoms with Gasteiger partial charge in [0, 0.05) is 12.1 Å². The van der Waals surface area contributed by atoms with E-state index in [1.807, 2.05) is 36.4 Å². The number of hydrogen-bond donors (Lipinski definition) is 2. The van der Waals surface area contributed by atoms with Gasteiger partial charge in [-0.05, 0) is 55.8 Å². The number of hydrogen-bond acceptors (Lipinski definition) is 5. The summed E-state index contributed by atoms with van der Waals surface area (Å²) in [6, 6.07) is 15.6. The molecule has 1 heterocycles. The summed E-state index contributed by atoms with van der Waals surface area (Å²) in [6.07, 6.45) is 11.3. The van der Waals surface area contributed by atoms with Crippen LogP contribution in [0, 0.1) is 11.8 Å². The van der Waals surface area contributed by atoms with Crippen molar-refractivity contribution in [3.63, 3.8) is 0 Å². The molecule has 0 bridgehead atoms. The zero-order chi connectivity index (χ0) is 24.5. The molecule has 1 aromatic heterocycles. The Morgan fingerprint density at radius 3 is 2.49 bits per heavy atom. The van der Waals surface area contributed by atoms with E-state index in [0.29, 0.717) is 18.3 Å². The predicted octanol–water partition coefficient (Wildman–Crippen LogP) is 5.03. The average molecular weight is 476 g/mol. The normalized spacial score (nSPS) is 23.4. The second kappa shape index (κ2) is 12.1.